The van der Waals surface area contributed by atoms with Crippen molar-refractivity contribution in [1.82, 2.24) is 20.1 Å². The number of aromatic nitrogens is 3. The second-order valence-corrected chi connectivity index (χ2v) is 10.0. The van der Waals surface area contributed by atoms with Crippen molar-refractivity contribution in [2.75, 3.05) is 11.1 Å². The van der Waals surface area contributed by atoms with Gasteiger partial charge in [0.25, 0.3) is 5.91 Å². The summed E-state index contributed by atoms with van der Waals surface area (Å²) in [7, 11) is 1.83. The van der Waals surface area contributed by atoms with Gasteiger partial charge in [-0.1, -0.05) is 49.3 Å². The molecule has 1 heterocycles. The van der Waals surface area contributed by atoms with Gasteiger partial charge in [0, 0.05) is 16.3 Å². The van der Waals surface area contributed by atoms with E-state index in [1.54, 1.807) is 28.8 Å². The number of amides is 2. The molecule has 0 bridgehead atoms. The fourth-order valence-electron chi connectivity index (χ4n) is 2.98. The second-order valence-electron chi connectivity index (χ2n) is 7.42. The lowest BCUT2D eigenvalue weighted by Crippen LogP contribution is -2.33. The summed E-state index contributed by atoms with van der Waals surface area (Å²) in [5, 5.41) is 15.4. The third-order valence-corrected chi connectivity index (χ3v) is 6.75. The molecule has 1 aromatic heterocycles. The normalized spacial score (nSPS) is 11.9. The van der Waals surface area contributed by atoms with Crippen LogP contribution in [0.1, 0.15) is 36.1 Å². The van der Waals surface area contributed by atoms with E-state index in [0.29, 0.717) is 21.6 Å². The molecule has 2 amide bonds. The molecule has 0 spiro atoms. The standard InChI is InChI=1S/C22H23ClIN5O2S/c1-13(2)19(26-21(31)16-6-4-5-7-17(16)23)20-27-28-22(29(20)3)32-12-18(30)25-15-10-8-14(24)9-11-15/h4-11,13,19H,12H2,1-3H3,(H,25,30)(H,26,31)/t19-/m0/s1. The Morgan fingerprint density at radius 3 is 2.47 bits per heavy atom. The van der Waals surface area contributed by atoms with Crippen LogP contribution in [0.5, 0.6) is 0 Å². The van der Waals surface area contributed by atoms with Crippen LogP contribution < -0.4 is 10.6 Å². The van der Waals surface area contributed by atoms with Gasteiger partial charge < -0.3 is 15.2 Å². The van der Waals surface area contributed by atoms with Gasteiger partial charge in [-0.2, -0.15) is 0 Å². The molecule has 0 aliphatic carbocycles. The fraction of sp³-hybridized carbons (Fsp3) is 0.273. The number of halogens is 2. The number of thioether (sulfide) groups is 1. The van der Waals surface area contributed by atoms with Gasteiger partial charge in [0.2, 0.25) is 5.91 Å². The molecule has 2 aromatic carbocycles. The Labute approximate surface area is 209 Å². The first-order valence-electron chi connectivity index (χ1n) is 9.89. The molecule has 0 saturated heterocycles. The van der Waals surface area contributed by atoms with E-state index in [0.717, 1.165) is 9.26 Å². The highest BCUT2D eigenvalue weighted by Gasteiger charge is 2.26. The Hall–Kier alpha value is -2.11. The zero-order chi connectivity index (χ0) is 23.3. The number of hydrogen-bond acceptors (Lipinski definition) is 5. The van der Waals surface area contributed by atoms with Crippen molar-refractivity contribution >= 4 is 63.5 Å². The molecule has 2 N–H and O–H groups in total. The fourth-order valence-corrected chi connectivity index (χ4v) is 4.28. The second kappa shape index (κ2) is 11.2. The van der Waals surface area contributed by atoms with Crippen molar-refractivity contribution in [3.63, 3.8) is 0 Å². The summed E-state index contributed by atoms with van der Waals surface area (Å²) in [6, 6.07) is 14.1. The van der Waals surface area contributed by atoms with E-state index in [2.05, 4.69) is 43.4 Å². The number of rotatable bonds is 8. The molecule has 168 valence electrons. The Bertz CT molecular complexity index is 1100. The van der Waals surface area contributed by atoms with E-state index >= 15 is 0 Å². The Morgan fingerprint density at radius 2 is 1.81 bits per heavy atom. The van der Waals surface area contributed by atoms with Crippen molar-refractivity contribution in [3.05, 3.63) is 68.5 Å². The van der Waals surface area contributed by atoms with Gasteiger partial charge in [0.05, 0.1) is 22.4 Å². The third-order valence-electron chi connectivity index (χ3n) is 4.68. The maximum Gasteiger partial charge on any atom is 0.253 e. The highest BCUT2D eigenvalue weighted by Crippen LogP contribution is 2.25. The minimum absolute atomic E-state index is 0.0614. The van der Waals surface area contributed by atoms with E-state index in [-0.39, 0.29) is 29.5 Å². The van der Waals surface area contributed by atoms with Gasteiger partial charge in [-0.25, -0.2) is 0 Å². The maximum atomic E-state index is 12.8. The minimum atomic E-state index is -0.369. The molecular formula is C22H23ClIN5O2S. The number of anilines is 1. The average molecular weight is 584 g/mol. The molecule has 1 atom stereocenters. The van der Waals surface area contributed by atoms with Crippen LogP contribution >= 0.6 is 46.0 Å². The Kier molecular flexibility index (Phi) is 8.55. The molecule has 0 saturated carbocycles. The van der Waals surface area contributed by atoms with Gasteiger partial charge >= 0.3 is 0 Å². The third kappa shape index (κ3) is 6.23. The monoisotopic (exact) mass is 583 g/mol. The Balaban J connectivity index is 1.67. The molecule has 3 rings (SSSR count). The number of hydrogen-bond donors (Lipinski definition) is 2. The predicted molar refractivity (Wildman–Crippen MR) is 136 cm³/mol. The van der Waals surface area contributed by atoms with E-state index in [4.69, 9.17) is 11.6 Å². The SMILES string of the molecule is CC(C)[C@H](NC(=O)c1ccccc1Cl)c1nnc(SCC(=O)Nc2ccc(I)cc2)n1C. The first kappa shape index (κ1) is 24.5. The van der Waals surface area contributed by atoms with Gasteiger partial charge in [0.1, 0.15) is 0 Å². The van der Waals surface area contributed by atoms with Crippen LogP contribution in [0, 0.1) is 9.49 Å². The van der Waals surface area contributed by atoms with Crippen LogP contribution in [-0.2, 0) is 11.8 Å². The van der Waals surface area contributed by atoms with Crippen molar-refractivity contribution in [3.8, 4) is 0 Å². The maximum absolute atomic E-state index is 12.8. The first-order valence-corrected chi connectivity index (χ1v) is 12.3. The van der Waals surface area contributed by atoms with Gasteiger partial charge in [-0.05, 0) is 64.9 Å². The van der Waals surface area contributed by atoms with Crippen LogP contribution in [0.25, 0.3) is 0 Å². The molecule has 0 aliphatic heterocycles. The van der Waals surface area contributed by atoms with Crippen molar-refractivity contribution in [1.29, 1.82) is 0 Å². The largest absolute Gasteiger partial charge is 0.342 e. The van der Waals surface area contributed by atoms with E-state index in [9.17, 15) is 9.59 Å². The number of nitrogens with zero attached hydrogens (tertiary/aromatic N) is 3. The molecule has 0 unspecified atom stereocenters. The number of nitrogens with one attached hydrogen (secondary N) is 2. The molecule has 7 nitrogen and oxygen atoms in total. The van der Waals surface area contributed by atoms with E-state index in [1.165, 1.54) is 11.8 Å². The molecule has 32 heavy (non-hydrogen) atoms. The van der Waals surface area contributed by atoms with E-state index in [1.807, 2.05) is 45.2 Å². The van der Waals surface area contributed by atoms with Crippen LogP contribution in [0.2, 0.25) is 5.02 Å². The zero-order valence-electron chi connectivity index (χ0n) is 17.8. The van der Waals surface area contributed by atoms with Gasteiger partial charge in [-0.15, -0.1) is 10.2 Å². The van der Waals surface area contributed by atoms with Crippen molar-refractivity contribution < 1.29 is 9.59 Å². The summed E-state index contributed by atoms with van der Waals surface area (Å²) in [4.78, 5) is 25.1. The molecule has 3 aromatic rings. The van der Waals surface area contributed by atoms with Crippen LogP contribution in [0.3, 0.4) is 0 Å². The minimum Gasteiger partial charge on any atom is -0.342 e. The number of carbonyl (C=O) groups excluding carboxylic acids is 2. The van der Waals surface area contributed by atoms with Gasteiger partial charge in [0.15, 0.2) is 11.0 Å². The summed E-state index contributed by atoms with van der Waals surface area (Å²) in [5.41, 5.74) is 1.15. The predicted octanol–water partition coefficient (Wildman–Crippen LogP) is 4.93. The summed E-state index contributed by atoms with van der Waals surface area (Å²) < 4.78 is 2.91. The highest BCUT2D eigenvalue weighted by molar-refractivity contribution is 14.1. The topological polar surface area (TPSA) is 88.9 Å². The lowest BCUT2D eigenvalue weighted by molar-refractivity contribution is -0.113. The first-order chi connectivity index (χ1) is 15.3. The zero-order valence-corrected chi connectivity index (χ0v) is 21.5. The molecule has 0 radical (unpaired) electrons. The van der Waals surface area contributed by atoms with E-state index < -0.39 is 0 Å². The summed E-state index contributed by atoms with van der Waals surface area (Å²) in [6.07, 6.45) is 0. The summed E-state index contributed by atoms with van der Waals surface area (Å²) in [6.45, 7) is 3.99. The van der Waals surface area contributed by atoms with Crippen LogP contribution in [0.15, 0.2) is 53.7 Å². The smallest absolute Gasteiger partial charge is 0.253 e. The lowest BCUT2D eigenvalue weighted by atomic mass is 10.0. The quantitative estimate of drug-likeness (QED) is 0.290. The molecule has 0 aliphatic rings. The number of carbonyl (C=O) groups is 2. The van der Waals surface area contributed by atoms with Crippen molar-refractivity contribution in [2.24, 2.45) is 13.0 Å². The number of benzene rings is 2. The Morgan fingerprint density at radius 1 is 1.12 bits per heavy atom. The summed E-state index contributed by atoms with van der Waals surface area (Å²) >= 11 is 9.67. The summed E-state index contributed by atoms with van der Waals surface area (Å²) in [5.74, 6) is 0.458. The molecule has 0 fully saturated rings. The molecule has 10 heteroatoms. The van der Waals surface area contributed by atoms with Crippen molar-refractivity contribution in [2.45, 2.75) is 25.0 Å². The molecular weight excluding hydrogens is 561 g/mol. The van der Waals surface area contributed by atoms with Gasteiger partial charge in [-0.3, -0.25) is 9.59 Å². The van der Waals surface area contributed by atoms with Crippen LogP contribution in [-0.4, -0.2) is 32.3 Å². The average Bonchev–Trinajstić information content (AvgIpc) is 3.12. The lowest BCUT2D eigenvalue weighted by Gasteiger charge is -2.22. The van der Waals surface area contributed by atoms with Crippen LogP contribution in [0.4, 0.5) is 5.69 Å². The highest BCUT2D eigenvalue weighted by atomic mass is 127.